The number of hydrogen-bond donors (Lipinski definition) is 1. The molecule has 136 valence electrons. The second-order valence-corrected chi connectivity index (χ2v) is 5.76. The van der Waals surface area contributed by atoms with Crippen LogP contribution >= 0.6 is 0 Å². The minimum absolute atomic E-state index is 0.0459. The summed E-state index contributed by atoms with van der Waals surface area (Å²) < 4.78 is 9.95. The molecule has 0 fully saturated rings. The topological polar surface area (TPSA) is 98.9 Å². The summed E-state index contributed by atoms with van der Waals surface area (Å²) in [6.07, 6.45) is 0.626. The molecule has 1 heterocycles. The Kier molecular flexibility index (Phi) is 6.52. The zero-order chi connectivity index (χ0) is 18.4. The molecule has 1 aromatic rings. The van der Waals surface area contributed by atoms with Gasteiger partial charge in [0, 0.05) is 18.5 Å². The Morgan fingerprint density at radius 3 is 2.56 bits per heavy atom. The number of rotatable bonds is 7. The van der Waals surface area contributed by atoms with Crippen molar-refractivity contribution in [3.63, 3.8) is 0 Å². The molecule has 7 nitrogen and oxygen atoms in total. The summed E-state index contributed by atoms with van der Waals surface area (Å²) in [5.41, 5.74) is 7.37. The molecule has 0 aromatic heterocycles. The lowest BCUT2D eigenvalue weighted by molar-refractivity contribution is -0.146. The highest BCUT2D eigenvalue weighted by Crippen LogP contribution is 2.33. The van der Waals surface area contributed by atoms with Gasteiger partial charge in [0.2, 0.25) is 5.91 Å². The summed E-state index contributed by atoms with van der Waals surface area (Å²) in [5, 5.41) is 0. The largest absolute Gasteiger partial charge is 0.465 e. The third-order valence-corrected chi connectivity index (χ3v) is 4.06. The lowest BCUT2D eigenvalue weighted by Crippen LogP contribution is -2.44. The van der Waals surface area contributed by atoms with Crippen molar-refractivity contribution in [3.05, 3.63) is 29.8 Å². The normalized spacial score (nSPS) is 16.9. The zero-order valence-electron chi connectivity index (χ0n) is 14.6. The number of hydrogen-bond acceptors (Lipinski definition) is 6. The summed E-state index contributed by atoms with van der Waals surface area (Å²) in [4.78, 5) is 38.0. The molecule has 0 unspecified atom stereocenters. The molecule has 25 heavy (non-hydrogen) atoms. The van der Waals surface area contributed by atoms with E-state index in [0.717, 1.165) is 5.56 Å². The fourth-order valence-corrected chi connectivity index (χ4v) is 2.89. The number of benzene rings is 1. The number of fused-ring (bicyclic) bond motifs is 1. The van der Waals surface area contributed by atoms with Crippen molar-refractivity contribution in [3.8, 4) is 0 Å². The minimum Gasteiger partial charge on any atom is -0.465 e. The number of nitrogens with two attached hydrogens (primary N) is 1. The molecule has 0 bridgehead atoms. The van der Waals surface area contributed by atoms with Gasteiger partial charge in [-0.15, -0.1) is 0 Å². The van der Waals surface area contributed by atoms with Gasteiger partial charge in [0.1, 0.15) is 12.1 Å². The first-order valence-electron chi connectivity index (χ1n) is 8.48. The van der Waals surface area contributed by atoms with Gasteiger partial charge in [0.25, 0.3) is 0 Å². The number of amides is 1. The average molecular weight is 348 g/mol. The van der Waals surface area contributed by atoms with E-state index in [4.69, 9.17) is 15.2 Å². The van der Waals surface area contributed by atoms with Crippen LogP contribution in [-0.4, -0.2) is 43.1 Å². The maximum Gasteiger partial charge on any atom is 0.329 e. The van der Waals surface area contributed by atoms with Crippen molar-refractivity contribution in [2.24, 2.45) is 5.73 Å². The standard InChI is InChI=1S/C18H24N2O5/c1-3-24-17(22)13(19)9-10-16(21)20-14-8-6-5-7-12(14)11-15(20)18(23)25-4-2/h5-8,13,15H,3-4,9-11,19H2,1-2H3/t13-,15+/m1/s1. The van der Waals surface area contributed by atoms with E-state index < -0.39 is 24.0 Å². The molecule has 1 aliphatic rings. The van der Waals surface area contributed by atoms with E-state index in [-0.39, 0.29) is 32.0 Å². The Bertz CT molecular complexity index is 646. The zero-order valence-corrected chi connectivity index (χ0v) is 14.6. The number of carbonyl (C=O) groups excluding carboxylic acids is 3. The molecule has 0 radical (unpaired) electrons. The van der Waals surface area contributed by atoms with Crippen LogP contribution in [0.1, 0.15) is 32.3 Å². The number of para-hydroxylation sites is 1. The Labute approximate surface area is 147 Å². The fourth-order valence-electron chi connectivity index (χ4n) is 2.89. The fraction of sp³-hybridized carbons (Fsp3) is 0.500. The molecule has 0 aliphatic carbocycles. The van der Waals surface area contributed by atoms with Crippen LogP contribution in [-0.2, 0) is 30.3 Å². The van der Waals surface area contributed by atoms with Crippen molar-refractivity contribution in [2.75, 3.05) is 18.1 Å². The van der Waals surface area contributed by atoms with Crippen LogP contribution in [0.2, 0.25) is 0 Å². The molecule has 0 spiro atoms. The first kappa shape index (κ1) is 18.9. The van der Waals surface area contributed by atoms with Crippen LogP contribution in [0.4, 0.5) is 5.69 Å². The van der Waals surface area contributed by atoms with Crippen molar-refractivity contribution in [1.29, 1.82) is 0 Å². The van der Waals surface area contributed by atoms with Crippen molar-refractivity contribution in [2.45, 2.75) is 45.2 Å². The predicted molar refractivity (Wildman–Crippen MR) is 91.9 cm³/mol. The molecule has 0 saturated carbocycles. The van der Waals surface area contributed by atoms with Gasteiger partial charge in [0.15, 0.2) is 0 Å². The van der Waals surface area contributed by atoms with Gasteiger partial charge in [-0.3, -0.25) is 14.5 Å². The summed E-state index contributed by atoms with van der Waals surface area (Å²) in [5.74, 6) is -1.22. The van der Waals surface area contributed by atoms with E-state index in [1.165, 1.54) is 4.90 Å². The predicted octanol–water partition coefficient (Wildman–Crippen LogP) is 1.18. The number of carbonyl (C=O) groups is 3. The summed E-state index contributed by atoms with van der Waals surface area (Å²) in [7, 11) is 0. The Morgan fingerprint density at radius 2 is 1.88 bits per heavy atom. The molecule has 2 atom stereocenters. The lowest BCUT2D eigenvalue weighted by atomic mass is 10.1. The van der Waals surface area contributed by atoms with Gasteiger partial charge in [-0.2, -0.15) is 0 Å². The Balaban J connectivity index is 2.11. The first-order chi connectivity index (χ1) is 12.0. The first-order valence-corrected chi connectivity index (χ1v) is 8.48. The van der Waals surface area contributed by atoms with Gasteiger partial charge >= 0.3 is 11.9 Å². The maximum absolute atomic E-state index is 12.7. The van der Waals surface area contributed by atoms with Crippen molar-refractivity contribution in [1.82, 2.24) is 0 Å². The van der Waals surface area contributed by atoms with E-state index in [1.54, 1.807) is 19.9 Å². The third kappa shape index (κ3) is 4.36. The van der Waals surface area contributed by atoms with E-state index in [9.17, 15) is 14.4 Å². The molecule has 2 rings (SSSR count). The second kappa shape index (κ2) is 8.62. The third-order valence-electron chi connectivity index (χ3n) is 4.06. The molecule has 7 heteroatoms. The van der Waals surface area contributed by atoms with E-state index >= 15 is 0 Å². The maximum atomic E-state index is 12.7. The van der Waals surface area contributed by atoms with Crippen LogP contribution in [0.5, 0.6) is 0 Å². The quantitative estimate of drug-likeness (QED) is 0.743. The molecular weight excluding hydrogens is 324 g/mol. The number of nitrogens with zero attached hydrogens (tertiary/aromatic N) is 1. The SMILES string of the molecule is CCOC(=O)[C@H](N)CCC(=O)N1c2ccccc2C[C@H]1C(=O)OCC. The monoisotopic (exact) mass is 348 g/mol. The van der Waals surface area contributed by atoms with Gasteiger partial charge in [-0.1, -0.05) is 18.2 Å². The lowest BCUT2D eigenvalue weighted by Gasteiger charge is -2.24. The number of anilines is 1. The Hall–Kier alpha value is -2.41. The second-order valence-electron chi connectivity index (χ2n) is 5.76. The average Bonchev–Trinajstić information content (AvgIpc) is 2.99. The highest BCUT2D eigenvalue weighted by atomic mass is 16.5. The molecule has 1 aromatic carbocycles. The molecule has 1 aliphatic heterocycles. The van der Waals surface area contributed by atoms with Crippen LogP contribution < -0.4 is 10.6 Å². The molecule has 0 saturated heterocycles. The Morgan fingerprint density at radius 1 is 1.20 bits per heavy atom. The van der Waals surface area contributed by atoms with Gasteiger partial charge in [0.05, 0.1) is 13.2 Å². The van der Waals surface area contributed by atoms with E-state index in [2.05, 4.69) is 0 Å². The molecular formula is C18H24N2O5. The van der Waals surface area contributed by atoms with E-state index in [1.807, 2.05) is 18.2 Å². The number of ether oxygens (including phenoxy) is 2. The van der Waals surface area contributed by atoms with Crippen LogP contribution in [0.15, 0.2) is 24.3 Å². The minimum atomic E-state index is -0.859. The molecule has 2 N–H and O–H groups in total. The van der Waals surface area contributed by atoms with Gasteiger partial charge < -0.3 is 15.2 Å². The molecule has 1 amide bonds. The summed E-state index contributed by atoms with van der Waals surface area (Å²) in [6, 6.07) is 5.84. The van der Waals surface area contributed by atoms with Crippen molar-refractivity contribution >= 4 is 23.5 Å². The van der Waals surface area contributed by atoms with Crippen molar-refractivity contribution < 1.29 is 23.9 Å². The smallest absolute Gasteiger partial charge is 0.329 e. The highest BCUT2D eigenvalue weighted by Gasteiger charge is 2.39. The van der Waals surface area contributed by atoms with Crippen LogP contribution in [0.25, 0.3) is 0 Å². The summed E-state index contributed by atoms with van der Waals surface area (Å²) >= 11 is 0. The number of esters is 2. The highest BCUT2D eigenvalue weighted by molar-refractivity contribution is 6.02. The van der Waals surface area contributed by atoms with E-state index in [0.29, 0.717) is 12.1 Å². The van der Waals surface area contributed by atoms with Crippen LogP contribution in [0.3, 0.4) is 0 Å². The van der Waals surface area contributed by atoms with Gasteiger partial charge in [-0.05, 0) is 31.9 Å². The summed E-state index contributed by atoms with van der Waals surface area (Å²) in [6.45, 7) is 3.91. The van der Waals surface area contributed by atoms with Gasteiger partial charge in [-0.25, -0.2) is 4.79 Å². The van der Waals surface area contributed by atoms with Crippen LogP contribution in [0, 0.1) is 0 Å².